The summed E-state index contributed by atoms with van der Waals surface area (Å²) in [4.78, 5) is 0. The minimum Gasteiger partial charge on any atom is -0.0626 e. The molecule has 0 saturated heterocycles. The van der Waals surface area contributed by atoms with Gasteiger partial charge in [0.15, 0.2) is 0 Å². The van der Waals surface area contributed by atoms with E-state index in [2.05, 4.69) is 182 Å². The van der Waals surface area contributed by atoms with Crippen molar-refractivity contribution >= 4 is 78.3 Å². The monoisotopic (exact) mass is 602 g/mol. The SMILES string of the molecule is c1ccc(P(c2ccccc2)c2ccccc2[SiH2]c2cccc3cccc(P(c4ccccc4)c4ccccc4)c23)cc1. The lowest BCUT2D eigenvalue weighted by atomic mass is 10.1. The molecule has 0 heterocycles. The van der Waals surface area contributed by atoms with Crippen molar-refractivity contribution in [3.63, 3.8) is 0 Å². The number of fused-ring (bicyclic) bond motifs is 1. The largest absolute Gasteiger partial charge is 0.0892 e. The Bertz CT molecular complexity index is 1860. The third-order valence-electron chi connectivity index (χ3n) is 7.88. The van der Waals surface area contributed by atoms with E-state index in [1.165, 1.54) is 53.0 Å². The lowest BCUT2D eigenvalue weighted by molar-refractivity contribution is 1.74. The van der Waals surface area contributed by atoms with Crippen LogP contribution in [0.15, 0.2) is 182 Å². The fourth-order valence-corrected chi connectivity index (χ4v) is 13.5. The summed E-state index contributed by atoms with van der Waals surface area (Å²) in [6.07, 6.45) is 0. The van der Waals surface area contributed by atoms with Crippen LogP contribution in [0.5, 0.6) is 0 Å². The fraction of sp³-hybridized carbons (Fsp3) is 0. The highest BCUT2D eigenvalue weighted by Crippen LogP contribution is 2.35. The van der Waals surface area contributed by atoms with Crippen molar-refractivity contribution < 1.29 is 0 Å². The van der Waals surface area contributed by atoms with E-state index in [0.29, 0.717) is 0 Å². The summed E-state index contributed by atoms with van der Waals surface area (Å²) >= 11 is 0. The van der Waals surface area contributed by atoms with Crippen LogP contribution in [0.2, 0.25) is 0 Å². The Morgan fingerprint density at radius 3 is 1.19 bits per heavy atom. The van der Waals surface area contributed by atoms with Crippen molar-refractivity contribution in [1.82, 2.24) is 0 Å². The Hall–Kier alpha value is -4.12. The van der Waals surface area contributed by atoms with Gasteiger partial charge in [0, 0.05) is 0 Å². The maximum atomic E-state index is 2.41. The van der Waals surface area contributed by atoms with Gasteiger partial charge in [0.2, 0.25) is 0 Å². The van der Waals surface area contributed by atoms with Gasteiger partial charge in [-0.25, -0.2) is 0 Å². The van der Waals surface area contributed by atoms with Gasteiger partial charge < -0.3 is 0 Å². The van der Waals surface area contributed by atoms with Crippen molar-refractivity contribution in [1.29, 1.82) is 0 Å². The van der Waals surface area contributed by atoms with Gasteiger partial charge in [0.05, 0.1) is 9.52 Å². The molecule has 0 saturated carbocycles. The zero-order valence-corrected chi connectivity index (χ0v) is 27.1. The Balaban J connectivity index is 1.40. The summed E-state index contributed by atoms with van der Waals surface area (Å²) in [5, 5.41) is 14.4. The molecule has 43 heavy (non-hydrogen) atoms. The molecular weight excluding hydrogens is 570 g/mol. The van der Waals surface area contributed by atoms with Crippen LogP contribution in [-0.2, 0) is 0 Å². The summed E-state index contributed by atoms with van der Waals surface area (Å²) in [6, 6.07) is 67.6. The molecule has 206 valence electrons. The van der Waals surface area contributed by atoms with Crippen LogP contribution in [0.3, 0.4) is 0 Å². The molecular formula is C40H32P2Si. The van der Waals surface area contributed by atoms with E-state index in [4.69, 9.17) is 0 Å². The first-order valence-electron chi connectivity index (χ1n) is 14.8. The number of hydrogen-bond donors (Lipinski definition) is 0. The molecule has 0 aliphatic carbocycles. The van der Waals surface area contributed by atoms with Crippen LogP contribution in [0.4, 0.5) is 0 Å². The molecule has 0 amide bonds. The van der Waals surface area contributed by atoms with E-state index < -0.39 is 25.4 Å². The molecule has 0 radical (unpaired) electrons. The van der Waals surface area contributed by atoms with Gasteiger partial charge in [-0.15, -0.1) is 0 Å². The van der Waals surface area contributed by atoms with Crippen LogP contribution >= 0.6 is 15.8 Å². The lowest BCUT2D eigenvalue weighted by Gasteiger charge is -2.24. The highest BCUT2D eigenvalue weighted by Gasteiger charge is 2.22. The molecule has 0 bridgehead atoms. The smallest absolute Gasteiger partial charge is 0.0626 e. The average molecular weight is 603 g/mol. The van der Waals surface area contributed by atoms with Crippen molar-refractivity contribution in [2.45, 2.75) is 0 Å². The van der Waals surface area contributed by atoms with Crippen molar-refractivity contribution in [2.24, 2.45) is 0 Å². The third kappa shape index (κ3) is 5.90. The summed E-state index contributed by atoms with van der Waals surface area (Å²) in [5.74, 6) is 0. The Labute approximate surface area is 259 Å². The van der Waals surface area contributed by atoms with Gasteiger partial charge in [0.25, 0.3) is 0 Å². The van der Waals surface area contributed by atoms with Crippen LogP contribution in [0.25, 0.3) is 10.8 Å². The summed E-state index contributed by atoms with van der Waals surface area (Å²) in [7, 11) is -2.19. The maximum absolute atomic E-state index is 2.41. The van der Waals surface area contributed by atoms with E-state index in [-0.39, 0.29) is 0 Å². The standard InChI is InChI=1S/C40H32P2Si/c1-5-19-32(20-6-1)41(33-21-7-2-8-22-33)36-27-13-14-29-38(36)43-39-30-16-18-31-17-15-28-37(40(31)39)42(34-23-9-3-10-24-34)35-25-11-4-12-26-35/h1-30H,43H2. The molecule has 0 unspecified atom stereocenters. The number of benzene rings is 7. The van der Waals surface area contributed by atoms with Crippen molar-refractivity contribution in [3.8, 4) is 0 Å². The molecule has 0 fully saturated rings. The molecule has 7 aromatic rings. The second-order valence-corrected chi connectivity index (χ2v) is 16.9. The van der Waals surface area contributed by atoms with Crippen LogP contribution < -0.4 is 42.2 Å². The Morgan fingerprint density at radius 1 is 0.302 bits per heavy atom. The van der Waals surface area contributed by atoms with E-state index >= 15 is 0 Å². The lowest BCUT2D eigenvalue weighted by Crippen LogP contribution is -2.40. The van der Waals surface area contributed by atoms with E-state index in [0.717, 1.165) is 0 Å². The van der Waals surface area contributed by atoms with E-state index in [9.17, 15) is 0 Å². The molecule has 3 heteroatoms. The average Bonchev–Trinajstić information content (AvgIpc) is 3.08. The molecule has 7 aromatic carbocycles. The minimum absolute atomic E-state index is 0.660. The molecule has 0 nitrogen and oxygen atoms in total. The molecule has 0 atom stereocenters. The minimum atomic E-state index is -0.824. The zero-order chi connectivity index (χ0) is 28.8. The number of hydrogen-bond acceptors (Lipinski definition) is 0. The van der Waals surface area contributed by atoms with Crippen molar-refractivity contribution in [2.75, 3.05) is 0 Å². The molecule has 0 aliphatic rings. The van der Waals surface area contributed by atoms with Crippen LogP contribution in [0.1, 0.15) is 0 Å². The molecule has 0 aliphatic heterocycles. The Kier molecular flexibility index (Phi) is 8.39. The summed E-state index contributed by atoms with van der Waals surface area (Å²) in [6.45, 7) is 0. The van der Waals surface area contributed by atoms with Crippen LogP contribution in [0, 0.1) is 0 Å². The predicted octanol–water partition coefficient (Wildman–Crippen LogP) is 5.48. The van der Waals surface area contributed by atoms with Crippen LogP contribution in [-0.4, -0.2) is 9.52 Å². The summed E-state index contributed by atoms with van der Waals surface area (Å²) in [5.41, 5.74) is 0. The van der Waals surface area contributed by atoms with E-state index in [1.807, 2.05) is 0 Å². The number of rotatable bonds is 8. The van der Waals surface area contributed by atoms with E-state index in [1.54, 1.807) is 0 Å². The molecule has 0 N–H and O–H groups in total. The first kappa shape index (κ1) is 27.7. The maximum Gasteiger partial charge on any atom is 0.0892 e. The summed E-state index contributed by atoms with van der Waals surface area (Å²) < 4.78 is 0. The van der Waals surface area contributed by atoms with Crippen molar-refractivity contribution in [3.05, 3.63) is 182 Å². The highest BCUT2D eigenvalue weighted by atomic mass is 31.1. The quantitative estimate of drug-likeness (QED) is 0.160. The van der Waals surface area contributed by atoms with Gasteiger partial charge >= 0.3 is 0 Å². The second kappa shape index (κ2) is 13.0. The normalized spacial score (nSPS) is 11.6. The third-order valence-corrected chi connectivity index (χ3v) is 15.2. The second-order valence-electron chi connectivity index (χ2n) is 10.6. The van der Waals surface area contributed by atoms with Gasteiger partial charge in [-0.3, -0.25) is 0 Å². The van der Waals surface area contributed by atoms with Gasteiger partial charge in [-0.1, -0.05) is 192 Å². The first-order chi connectivity index (χ1) is 21.4. The predicted molar refractivity (Wildman–Crippen MR) is 196 cm³/mol. The van der Waals surface area contributed by atoms with Gasteiger partial charge in [0.1, 0.15) is 0 Å². The molecule has 0 aromatic heterocycles. The molecule has 0 spiro atoms. The highest BCUT2D eigenvalue weighted by molar-refractivity contribution is 7.80. The van der Waals surface area contributed by atoms with Gasteiger partial charge in [-0.05, 0) is 58.4 Å². The molecule has 7 rings (SSSR count). The zero-order valence-electron chi connectivity index (χ0n) is 23.9. The Morgan fingerprint density at radius 2 is 0.674 bits per heavy atom. The van der Waals surface area contributed by atoms with Gasteiger partial charge in [-0.2, -0.15) is 0 Å². The topological polar surface area (TPSA) is 0 Å². The fourth-order valence-electron chi connectivity index (χ4n) is 5.98. The first-order valence-corrected chi connectivity index (χ1v) is 18.9.